The van der Waals surface area contributed by atoms with Crippen molar-refractivity contribution in [3.63, 3.8) is 0 Å². The molecule has 3 aromatic rings. The summed E-state index contributed by atoms with van der Waals surface area (Å²) in [5.74, 6) is 0.0321. The van der Waals surface area contributed by atoms with Gasteiger partial charge in [0.15, 0.2) is 5.78 Å². The second kappa shape index (κ2) is 6.88. The first kappa shape index (κ1) is 16.3. The Kier molecular flexibility index (Phi) is 4.66. The van der Waals surface area contributed by atoms with Crippen LogP contribution in [0.15, 0.2) is 47.4 Å². The maximum atomic E-state index is 12.3. The number of aromatic nitrogens is 2. The number of carbonyl (C=O) groups excluding carboxylic acids is 1. The number of H-pyrrole nitrogens is 1. The molecule has 0 saturated heterocycles. The van der Waals surface area contributed by atoms with Gasteiger partial charge in [0.2, 0.25) is 5.88 Å². The molecule has 6 heteroatoms. The second-order valence-electron chi connectivity index (χ2n) is 5.69. The van der Waals surface area contributed by atoms with E-state index in [9.17, 15) is 14.7 Å². The molecule has 24 heavy (non-hydrogen) atoms. The van der Waals surface area contributed by atoms with Gasteiger partial charge < -0.3 is 9.67 Å². The molecule has 0 unspecified atom stereocenters. The summed E-state index contributed by atoms with van der Waals surface area (Å²) in [6.07, 6.45) is 3.62. The summed E-state index contributed by atoms with van der Waals surface area (Å²) in [7, 11) is 1.97. The minimum atomic E-state index is -0.269. The van der Waals surface area contributed by atoms with Crippen LogP contribution in [0, 0.1) is 0 Å². The molecule has 2 heterocycles. The smallest absolute Gasteiger partial charge is 0.307 e. The van der Waals surface area contributed by atoms with Crippen LogP contribution >= 0.6 is 11.3 Å². The number of aromatic amines is 1. The Morgan fingerprint density at radius 2 is 2.00 bits per heavy atom. The Labute approximate surface area is 143 Å². The summed E-state index contributed by atoms with van der Waals surface area (Å²) in [6, 6.07) is 11.3. The molecule has 1 aromatic carbocycles. The largest absolute Gasteiger partial charge is 0.494 e. The average Bonchev–Trinajstić information content (AvgIpc) is 3.11. The van der Waals surface area contributed by atoms with Crippen LogP contribution in [0.2, 0.25) is 0 Å². The lowest BCUT2D eigenvalue weighted by molar-refractivity contribution is 0.0982. The molecule has 0 aliphatic heterocycles. The predicted molar refractivity (Wildman–Crippen MR) is 93.9 cm³/mol. The lowest BCUT2D eigenvalue weighted by Gasteiger charge is -2.05. The lowest BCUT2D eigenvalue weighted by Crippen LogP contribution is -2.04. The van der Waals surface area contributed by atoms with Crippen molar-refractivity contribution < 1.29 is 9.90 Å². The molecule has 5 nitrogen and oxygen atoms in total. The van der Waals surface area contributed by atoms with Crippen molar-refractivity contribution in [1.29, 1.82) is 0 Å². The molecule has 0 atom stereocenters. The Hall–Kier alpha value is -2.60. The summed E-state index contributed by atoms with van der Waals surface area (Å²) < 4.78 is 2.02. The fourth-order valence-corrected chi connectivity index (χ4v) is 3.37. The molecule has 0 saturated carbocycles. The van der Waals surface area contributed by atoms with Crippen LogP contribution in [-0.4, -0.2) is 20.4 Å². The highest BCUT2D eigenvalue weighted by atomic mass is 32.1. The number of aryl methyl sites for hydroxylation is 2. The molecular weight excluding hydrogens is 324 g/mol. The standard InChI is InChI=1S/C18H18N2O3S/c1-20-10-2-3-14(20)8-9-15(21)13-6-4-12(5-7-13)11-16-17(22)19-18(23)24-16/h2-7,10,22H,8-9,11H2,1H3,(H,19,23). The number of thiazole rings is 1. The van der Waals surface area contributed by atoms with Gasteiger partial charge in [-0.2, -0.15) is 0 Å². The fraction of sp³-hybridized carbons (Fsp3) is 0.222. The Morgan fingerprint density at radius 3 is 2.58 bits per heavy atom. The van der Waals surface area contributed by atoms with Gasteiger partial charge in [-0.25, -0.2) is 0 Å². The van der Waals surface area contributed by atoms with Gasteiger partial charge in [-0.15, -0.1) is 0 Å². The summed E-state index contributed by atoms with van der Waals surface area (Å²) in [5, 5.41) is 9.62. The quantitative estimate of drug-likeness (QED) is 0.676. The van der Waals surface area contributed by atoms with Crippen LogP contribution in [0.5, 0.6) is 5.88 Å². The highest BCUT2D eigenvalue weighted by Gasteiger charge is 2.10. The highest BCUT2D eigenvalue weighted by molar-refractivity contribution is 7.09. The van der Waals surface area contributed by atoms with E-state index in [1.54, 1.807) is 12.1 Å². The van der Waals surface area contributed by atoms with Gasteiger partial charge in [-0.1, -0.05) is 35.6 Å². The third kappa shape index (κ3) is 3.65. The molecule has 2 aromatic heterocycles. The van der Waals surface area contributed by atoms with E-state index < -0.39 is 0 Å². The number of hydrogen-bond acceptors (Lipinski definition) is 4. The first-order valence-corrected chi connectivity index (χ1v) is 8.48. The summed E-state index contributed by atoms with van der Waals surface area (Å²) >= 11 is 0.997. The van der Waals surface area contributed by atoms with Crippen LogP contribution in [0.25, 0.3) is 0 Å². The van der Waals surface area contributed by atoms with Gasteiger partial charge in [0.05, 0.1) is 4.88 Å². The molecule has 124 valence electrons. The maximum Gasteiger partial charge on any atom is 0.307 e. The van der Waals surface area contributed by atoms with Crippen molar-refractivity contribution in [1.82, 2.24) is 9.55 Å². The molecule has 0 aliphatic rings. The Bertz CT molecular complexity index is 903. The topological polar surface area (TPSA) is 75.1 Å². The van der Waals surface area contributed by atoms with Crippen LogP contribution in [0.1, 0.15) is 32.9 Å². The number of carbonyl (C=O) groups is 1. The zero-order valence-electron chi connectivity index (χ0n) is 13.3. The number of nitrogens with zero attached hydrogens (tertiary/aromatic N) is 1. The number of ketones is 1. The molecule has 0 aliphatic carbocycles. The van der Waals surface area contributed by atoms with Crippen molar-refractivity contribution in [2.24, 2.45) is 7.05 Å². The molecule has 0 bridgehead atoms. The zero-order chi connectivity index (χ0) is 17.1. The predicted octanol–water partition coefficient (Wildman–Crippen LogP) is 2.89. The van der Waals surface area contributed by atoms with E-state index in [2.05, 4.69) is 4.98 Å². The van der Waals surface area contributed by atoms with E-state index in [0.717, 1.165) is 29.0 Å². The number of hydrogen-bond donors (Lipinski definition) is 2. The number of aromatic hydroxyl groups is 1. The normalized spacial score (nSPS) is 10.9. The van der Waals surface area contributed by atoms with Gasteiger partial charge in [0.1, 0.15) is 0 Å². The van der Waals surface area contributed by atoms with Crippen molar-refractivity contribution in [3.8, 4) is 5.88 Å². The molecule has 2 N–H and O–H groups in total. The summed E-state index contributed by atoms with van der Waals surface area (Å²) in [5.41, 5.74) is 2.76. The first-order valence-electron chi connectivity index (χ1n) is 7.66. The number of rotatable bonds is 6. The van der Waals surface area contributed by atoms with Crippen molar-refractivity contribution in [3.05, 3.63) is 74.0 Å². The van der Waals surface area contributed by atoms with Crippen molar-refractivity contribution >= 4 is 17.1 Å². The third-order valence-electron chi connectivity index (χ3n) is 4.00. The Balaban J connectivity index is 1.63. The van der Waals surface area contributed by atoms with Crippen LogP contribution in [0.4, 0.5) is 0 Å². The van der Waals surface area contributed by atoms with Crippen LogP contribution in [-0.2, 0) is 19.9 Å². The molecule has 0 radical (unpaired) electrons. The van der Waals surface area contributed by atoms with Crippen LogP contribution in [0.3, 0.4) is 0 Å². The van der Waals surface area contributed by atoms with Gasteiger partial charge in [0, 0.05) is 37.3 Å². The molecular formula is C18H18N2O3S. The first-order chi connectivity index (χ1) is 11.5. The van der Waals surface area contributed by atoms with Gasteiger partial charge in [-0.3, -0.25) is 14.6 Å². The monoisotopic (exact) mass is 342 g/mol. The van der Waals surface area contributed by atoms with E-state index in [1.165, 1.54) is 0 Å². The molecule has 0 spiro atoms. The maximum absolute atomic E-state index is 12.3. The minimum absolute atomic E-state index is 0.0762. The second-order valence-corrected chi connectivity index (χ2v) is 6.76. The van der Waals surface area contributed by atoms with Crippen molar-refractivity contribution in [2.45, 2.75) is 19.3 Å². The molecule has 0 amide bonds. The Morgan fingerprint density at radius 1 is 1.25 bits per heavy atom. The van der Waals surface area contributed by atoms with Crippen molar-refractivity contribution in [2.75, 3.05) is 0 Å². The highest BCUT2D eigenvalue weighted by Crippen LogP contribution is 2.20. The number of benzene rings is 1. The van der Waals surface area contributed by atoms with E-state index in [1.807, 2.05) is 42.1 Å². The van der Waals surface area contributed by atoms with Gasteiger partial charge in [-0.05, 0) is 24.1 Å². The minimum Gasteiger partial charge on any atom is -0.494 e. The zero-order valence-corrected chi connectivity index (χ0v) is 14.1. The number of nitrogens with one attached hydrogen (secondary N) is 1. The average molecular weight is 342 g/mol. The SMILES string of the molecule is Cn1cccc1CCC(=O)c1ccc(Cc2sc(=O)[nH]c2O)cc1. The lowest BCUT2D eigenvalue weighted by atomic mass is 10.0. The van der Waals surface area contributed by atoms with Gasteiger partial charge >= 0.3 is 4.87 Å². The fourth-order valence-electron chi connectivity index (χ4n) is 2.61. The van der Waals surface area contributed by atoms with E-state index in [-0.39, 0.29) is 16.5 Å². The van der Waals surface area contributed by atoms with E-state index >= 15 is 0 Å². The van der Waals surface area contributed by atoms with Crippen LogP contribution < -0.4 is 4.87 Å². The molecule has 3 rings (SSSR count). The molecule has 0 fully saturated rings. The van der Waals surface area contributed by atoms with E-state index in [0.29, 0.717) is 23.3 Å². The van der Waals surface area contributed by atoms with Gasteiger partial charge in [0.25, 0.3) is 0 Å². The third-order valence-corrected chi connectivity index (χ3v) is 4.87. The summed E-state index contributed by atoms with van der Waals surface area (Å²) in [6.45, 7) is 0. The number of Topliss-reactive ketones (excluding diaryl/α,β-unsaturated/α-hetero) is 1. The van der Waals surface area contributed by atoms with E-state index in [4.69, 9.17) is 0 Å². The summed E-state index contributed by atoms with van der Waals surface area (Å²) in [4.78, 5) is 26.2.